The standard InChI is InChI=1S/C14H25N3O4/c1-6-16(9-10(2)11(18)19)13(21)17-8-7-15(5)12(20)14(17,3)4/h10H,6-9H2,1-5H3,(H,18,19). The molecule has 1 heterocycles. The van der Waals surface area contributed by atoms with Gasteiger partial charge in [0.2, 0.25) is 5.91 Å². The first kappa shape index (κ1) is 17.3. The quantitative estimate of drug-likeness (QED) is 0.828. The molecule has 7 nitrogen and oxygen atoms in total. The number of aliphatic carboxylic acids is 1. The van der Waals surface area contributed by atoms with E-state index in [0.29, 0.717) is 19.6 Å². The Morgan fingerprint density at radius 2 is 1.95 bits per heavy atom. The van der Waals surface area contributed by atoms with E-state index in [1.54, 1.807) is 39.6 Å². The van der Waals surface area contributed by atoms with Crippen LogP contribution < -0.4 is 0 Å². The molecule has 1 fully saturated rings. The van der Waals surface area contributed by atoms with Crippen molar-refractivity contribution in [2.45, 2.75) is 33.2 Å². The Morgan fingerprint density at radius 3 is 2.43 bits per heavy atom. The summed E-state index contributed by atoms with van der Waals surface area (Å²) >= 11 is 0. The fourth-order valence-corrected chi connectivity index (χ4v) is 2.47. The molecule has 0 saturated carbocycles. The van der Waals surface area contributed by atoms with Crippen LogP contribution in [0.3, 0.4) is 0 Å². The Balaban J connectivity index is 2.89. The SMILES string of the molecule is CCN(CC(C)C(=O)O)C(=O)N1CCN(C)C(=O)C1(C)C. The Labute approximate surface area is 125 Å². The van der Waals surface area contributed by atoms with Crippen LogP contribution in [0, 0.1) is 5.92 Å². The summed E-state index contributed by atoms with van der Waals surface area (Å²) in [5.74, 6) is -1.68. The Kier molecular flexibility index (Phi) is 5.20. The van der Waals surface area contributed by atoms with Crippen molar-refractivity contribution in [1.82, 2.24) is 14.7 Å². The van der Waals surface area contributed by atoms with Crippen LogP contribution in [0.5, 0.6) is 0 Å². The van der Waals surface area contributed by atoms with Gasteiger partial charge >= 0.3 is 12.0 Å². The molecular weight excluding hydrogens is 274 g/mol. The highest BCUT2D eigenvalue weighted by Gasteiger charge is 2.44. The molecule has 0 aromatic carbocycles. The zero-order chi connectivity index (χ0) is 16.4. The summed E-state index contributed by atoms with van der Waals surface area (Å²) in [6, 6.07) is -0.281. The maximum Gasteiger partial charge on any atom is 0.320 e. The number of likely N-dealkylation sites (N-methyl/N-ethyl adjacent to an activating group) is 1. The predicted octanol–water partition coefficient (Wildman–Crippen LogP) is 0.702. The average Bonchev–Trinajstić information content (AvgIpc) is 2.41. The van der Waals surface area contributed by atoms with E-state index in [1.165, 1.54) is 9.80 Å². The summed E-state index contributed by atoms with van der Waals surface area (Å²) in [5.41, 5.74) is -0.913. The molecule has 1 saturated heterocycles. The van der Waals surface area contributed by atoms with Crippen molar-refractivity contribution in [2.24, 2.45) is 5.92 Å². The second kappa shape index (κ2) is 6.32. The smallest absolute Gasteiger partial charge is 0.320 e. The normalized spacial score (nSPS) is 19.4. The van der Waals surface area contributed by atoms with E-state index < -0.39 is 17.4 Å². The molecule has 1 atom stereocenters. The summed E-state index contributed by atoms with van der Waals surface area (Å²) in [4.78, 5) is 40.5. The van der Waals surface area contributed by atoms with Crippen molar-refractivity contribution >= 4 is 17.9 Å². The fourth-order valence-electron chi connectivity index (χ4n) is 2.47. The molecule has 1 rings (SSSR count). The number of amides is 3. The van der Waals surface area contributed by atoms with E-state index in [0.717, 1.165) is 0 Å². The molecule has 3 amide bonds. The third kappa shape index (κ3) is 3.46. The molecule has 7 heteroatoms. The summed E-state index contributed by atoms with van der Waals surface area (Å²) in [7, 11) is 1.72. The first-order chi connectivity index (χ1) is 9.62. The number of carboxylic acid groups (broad SMARTS) is 1. The molecular formula is C14H25N3O4. The van der Waals surface area contributed by atoms with Gasteiger partial charge < -0.3 is 19.8 Å². The molecule has 21 heavy (non-hydrogen) atoms. The number of rotatable bonds is 4. The van der Waals surface area contributed by atoms with Crippen molar-refractivity contribution in [3.8, 4) is 0 Å². The van der Waals surface area contributed by atoms with Crippen LogP contribution in [0.2, 0.25) is 0 Å². The third-order valence-electron chi connectivity index (χ3n) is 4.00. The van der Waals surface area contributed by atoms with Crippen LogP contribution in [0.4, 0.5) is 4.79 Å². The second-order valence-corrected chi connectivity index (χ2v) is 6.00. The lowest BCUT2D eigenvalue weighted by Gasteiger charge is -2.46. The van der Waals surface area contributed by atoms with Crippen molar-refractivity contribution in [1.29, 1.82) is 0 Å². The van der Waals surface area contributed by atoms with Gasteiger partial charge in [0.05, 0.1) is 5.92 Å². The lowest BCUT2D eigenvalue weighted by Crippen LogP contribution is -2.65. The molecule has 1 unspecified atom stereocenters. The number of carbonyl (C=O) groups is 3. The maximum absolute atomic E-state index is 12.6. The molecule has 1 aliphatic heterocycles. The Morgan fingerprint density at radius 1 is 1.38 bits per heavy atom. The van der Waals surface area contributed by atoms with Gasteiger partial charge in [-0.25, -0.2) is 4.79 Å². The third-order valence-corrected chi connectivity index (χ3v) is 4.00. The summed E-state index contributed by atoms with van der Waals surface area (Å²) in [6.45, 7) is 8.30. The van der Waals surface area contributed by atoms with E-state index in [2.05, 4.69) is 0 Å². The summed E-state index contributed by atoms with van der Waals surface area (Å²) in [6.07, 6.45) is 0. The van der Waals surface area contributed by atoms with E-state index in [9.17, 15) is 14.4 Å². The topological polar surface area (TPSA) is 81.2 Å². The van der Waals surface area contributed by atoms with Crippen molar-refractivity contribution in [2.75, 3.05) is 33.2 Å². The predicted molar refractivity (Wildman–Crippen MR) is 77.9 cm³/mol. The minimum Gasteiger partial charge on any atom is -0.481 e. The first-order valence-corrected chi connectivity index (χ1v) is 7.17. The number of carboxylic acids is 1. The molecule has 1 aliphatic rings. The van der Waals surface area contributed by atoms with Gasteiger partial charge in [-0.05, 0) is 20.8 Å². The van der Waals surface area contributed by atoms with Crippen LogP contribution in [0.1, 0.15) is 27.7 Å². The average molecular weight is 299 g/mol. The van der Waals surface area contributed by atoms with E-state index in [1.807, 2.05) is 0 Å². The Bertz CT molecular complexity index is 436. The summed E-state index contributed by atoms with van der Waals surface area (Å²) in [5, 5.41) is 8.99. The molecule has 0 spiro atoms. The molecule has 120 valence electrons. The largest absolute Gasteiger partial charge is 0.481 e. The molecule has 0 bridgehead atoms. The molecule has 0 aliphatic carbocycles. The number of hydrogen-bond acceptors (Lipinski definition) is 3. The van der Waals surface area contributed by atoms with Gasteiger partial charge in [0, 0.05) is 33.2 Å². The van der Waals surface area contributed by atoms with Crippen LogP contribution >= 0.6 is 0 Å². The minimum absolute atomic E-state index is 0.107. The van der Waals surface area contributed by atoms with Gasteiger partial charge in [-0.15, -0.1) is 0 Å². The Hall–Kier alpha value is -1.79. The monoisotopic (exact) mass is 299 g/mol. The number of carbonyl (C=O) groups excluding carboxylic acids is 2. The lowest BCUT2D eigenvalue weighted by molar-refractivity contribution is -0.145. The van der Waals surface area contributed by atoms with E-state index in [4.69, 9.17) is 5.11 Å². The molecule has 0 aromatic rings. The summed E-state index contributed by atoms with van der Waals surface area (Å²) < 4.78 is 0. The highest BCUT2D eigenvalue weighted by Crippen LogP contribution is 2.23. The molecule has 0 radical (unpaired) electrons. The number of hydrogen-bond donors (Lipinski definition) is 1. The van der Waals surface area contributed by atoms with Crippen molar-refractivity contribution < 1.29 is 19.5 Å². The van der Waals surface area contributed by atoms with Gasteiger partial charge in [-0.2, -0.15) is 0 Å². The van der Waals surface area contributed by atoms with Gasteiger partial charge in [0.15, 0.2) is 0 Å². The van der Waals surface area contributed by atoms with E-state index >= 15 is 0 Å². The second-order valence-electron chi connectivity index (χ2n) is 6.00. The fraction of sp³-hybridized carbons (Fsp3) is 0.786. The number of piperazine rings is 1. The first-order valence-electron chi connectivity index (χ1n) is 7.17. The molecule has 1 N–H and O–H groups in total. The van der Waals surface area contributed by atoms with E-state index in [-0.39, 0.29) is 18.5 Å². The van der Waals surface area contributed by atoms with Crippen molar-refractivity contribution in [3.63, 3.8) is 0 Å². The zero-order valence-corrected chi connectivity index (χ0v) is 13.4. The van der Waals surface area contributed by atoms with Gasteiger partial charge in [0.1, 0.15) is 5.54 Å². The highest BCUT2D eigenvalue weighted by molar-refractivity contribution is 5.91. The minimum atomic E-state index is -0.935. The van der Waals surface area contributed by atoms with Gasteiger partial charge in [-0.1, -0.05) is 6.92 Å². The molecule has 0 aromatic heterocycles. The lowest BCUT2D eigenvalue weighted by atomic mass is 9.98. The van der Waals surface area contributed by atoms with Crippen LogP contribution in [0.25, 0.3) is 0 Å². The highest BCUT2D eigenvalue weighted by atomic mass is 16.4. The van der Waals surface area contributed by atoms with Crippen LogP contribution in [-0.4, -0.2) is 76.5 Å². The number of urea groups is 1. The zero-order valence-electron chi connectivity index (χ0n) is 13.4. The van der Waals surface area contributed by atoms with Gasteiger partial charge in [0.25, 0.3) is 0 Å². The van der Waals surface area contributed by atoms with Gasteiger partial charge in [-0.3, -0.25) is 9.59 Å². The number of nitrogens with zero attached hydrogens (tertiary/aromatic N) is 3. The van der Waals surface area contributed by atoms with Crippen LogP contribution in [-0.2, 0) is 9.59 Å². The maximum atomic E-state index is 12.6. The van der Waals surface area contributed by atoms with Crippen molar-refractivity contribution in [3.05, 3.63) is 0 Å². The van der Waals surface area contributed by atoms with Crippen LogP contribution in [0.15, 0.2) is 0 Å².